The van der Waals surface area contributed by atoms with E-state index in [9.17, 15) is 4.79 Å². The van der Waals surface area contributed by atoms with Crippen LogP contribution in [0.1, 0.15) is 23.0 Å². The van der Waals surface area contributed by atoms with Crippen LogP contribution in [-0.2, 0) is 13.6 Å². The van der Waals surface area contributed by atoms with Crippen molar-refractivity contribution >= 4 is 5.97 Å². The van der Waals surface area contributed by atoms with Gasteiger partial charge in [0.2, 0.25) is 0 Å². The molecule has 2 heterocycles. The van der Waals surface area contributed by atoms with E-state index in [0.29, 0.717) is 12.1 Å². The fourth-order valence-electron chi connectivity index (χ4n) is 2.30. The van der Waals surface area contributed by atoms with E-state index in [0.717, 1.165) is 38.4 Å². The molecule has 1 aliphatic heterocycles. The molecule has 0 radical (unpaired) electrons. The van der Waals surface area contributed by atoms with E-state index in [1.807, 2.05) is 0 Å². The molecule has 0 atom stereocenters. The van der Waals surface area contributed by atoms with E-state index < -0.39 is 5.97 Å². The van der Waals surface area contributed by atoms with Gasteiger partial charge in [-0.3, -0.25) is 9.58 Å². The number of carboxylic acid groups (broad SMARTS) is 1. The van der Waals surface area contributed by atoms with E-state index in [2.05, 4.69) is 21.8 Å². The largest absolute Gasteiger partial charge is 0.478 e. The second kappa shape index (κ2) is 5.49. The van der Waals surface area contributed by atoms with Gasteiger partial charge in [0.05, 0.1) is 11.9 Å². The highest BCUT2D eigenvalue weighted by Gasteiger charge is 2.20. The normalized spacial score (nSPS) is 18.1. The third-order valence-electron chi connectivity index (χ3n) is 3.58. The van der Waals surface area contributed by atoms with Gasteiger partial charge in [-0.25, -0.2) is 4.79 Å². The van der Waals surface area contributed by atoms with Crippen molar-refractivity contribution in [2.75, 3.05) is 32.7 Å². The first-order valence-electron chi connectivity index (χ1n) is 6.30. The van der Waals surface area contributed by atoms with Crippen molar-refractivity contribution in [3.05, 3.63) is 17.5 Å². The van der Waals surface area contributed by atoms with Crippen molar-refractivity contribution in [2.24, 2.45) is 7.05 Å². The highest BCUT2D eigenvalue weighted by atomic mass is 16.4. The average molecular weight is 252 g/mol. The molecule has 0 spiro atoms. The molecule has 6 nitrogen and oxygen atoms in total. The number of rotatable bonds is 4. The molecule has 1 saturated heterocycles. The highest BCUT2D eigenvalue weighted by molar-refractivity contribution is 5.88. The lowest BCUT2D eigenvalue weighted by atomic mass is 10.2. The summed E-state index contributed by atoms with van der Waals surface area (Å²) in [5.41, 5.74) is 1.10. The lowest BCUT2D eigenvalue weighted by molar-refractivity contribution is 0.0692. The maximum Gasteiger partial charge on any atom is 0.339 e. The molecule has 18 heavy (non-hydrogen) atoms. The summed E-state index contributed by atoms with van der Waals surface area (Å²) in [6.45, 7) is 7.98. The van der Waals surface area contributed by atoms with Gasteiger partial charge in [-0.05, 0) is 6.54 Å². The van der Waals surface area contributed by atoms with Crippen LogP contribution in [0.5, 0.6) is 0 Å². The Labute approximate surface area is 107 Å². The maximum atomic E-state index is 11.1. The van der Waals surface area contributed by atoms with E-state index in [4.69, 9.17) is 5.11 Å². The number of likely N-dealkylation sites (N-methyl/N-ethyl adjacent to an activating group) is 1. The predicted octanol–water partition coefficient (Wildman–Crippen LogP) is 0.256. The molecule has 100 valence electrons. The van der Waals surface area contributed by atoms with Crippen LogP contribution in [0.2, 0.25) is 0 Å². The predicted molar refractivity (Wildman–Crippen MR) is 67.6 cm³/mol. The molecule has 1 aliphatic rings. The molecule has 0 saturated carbocycles. The van der Waals surface area contributed by atoms with Gasteiger partial charge in [-0.1, -0.05) is 6.92 Å². The lowest BCUT2D eigenvalue weighted by Gasteiger charge is -2.34. The monoisotopic (exact) mass is 252 g/mol. The van der Waals surface area contributed by atoms with Gasteiger partial charge in [0, 0.05) is 39.8 Å². The van der Waals surface area contributed by atoms with Crippen LogP contribution in [0, 0.1) is 0 Å². The summed E-state index contributed by atoms with van der Waals surface area (Å²) in [6, 6.07) is 0. The zero-order valence-corrected chi connectivity index (χ0v) is 11.0. The smallest absolute Gasteiger partial charge is 0.339 e. The number of carbonyl (C=O) groups is 1. The van der Waals surface area contributed by atoms with Gasteiger partial charge in [0.15, 0.2) is 0 Å². The molecule has 1 N–H and O–H groups in total. The highest BCUT2D eigenvalue weighted by Crippen LogP contribution is 2.12. The number of carboxylic acids is 1. The molecule has 1 aromatic rings. The van der Waals surface area contributed by atoms with Gasteiger partial charge < -0.3 is 10.0 Å². The van der Waals surface area contributed by atoms with E-state index in [1.165, 1.54) is 6.20 Å². The quantitative estimate of drug-likeness (QED) is 0.832. The Morgan fingerprint density at radius 1 is 1.33 bits per heavy atom. The Morgan fingerprint density at radius 2 is 1.94 bits per heavy atom. The second-order valence-electron chi connectivity index (χ2n) is 4.64. The number of hydrogen-bond acceptors (Lipinski definition) is 4. The molecular formula is C12H20N4O2. The molecule has 0 unspecified atom stereocenters. The van der Waals surface area contributed by atoms with Crippen LogP contribution in [-0.4, -0.2) is 63.4 Å². The average Bonchev–Trinajstić information content (AvgIpc) is 2.72. The third kappa shape index (κ3) is 2.70. The molecule has 0 bridgehead atoms. The standard InChI is InChI=1S/C12H20N4O2/c1-3-15-4-6-16(7-5-15)9-11-10(12(17)18)8-13-14(11)2/h8H,3-7,9H2,1-2H3,(H,17,18). The molecule has 0 aromatic carbocycles. The zero-order valence-electron chi connectivity index (χ0n) is 11.0. The first kappa shape index (κ1) is 13.0. The van der Waals surface area contributed by atoms with Crippen LogP contribution >= 0.6 is 0 Å². The summed E-state index contributed by atoms with van der Waals surface area (Å²) in [4.78, 5) is 15.8. The molecule has 1 fully saturated rings. The van der Waals surface area contributed by atoms with E-state index in [-0.39, 0.29) is 0 Å². The number of aromatic carboxylic acids is 1. The SMILES string of the molecule is CCN1CCN(Cc2c(C(=O)O)cnn2C)CC1. The summed E-state index contributed by atoms with van der Waals surface area (Å²) in [5.74, 6) is -0.898. The first-order valence-corrected chi connectivity index (χ1v) is 6.30. The Balaban J connectivity index is 2.02. The Hall–Kier alpha value is -1.40. The van der Waals surface area contributed by atoms with Crippen LogP contribution in [0.25, 0.3) is 0 Å². The minimum atomic E-state index is -0.898. The fourth-order valence-corrected chi connectivity index (χ4v) is 2.30. The van der Waals surface area contributed by atoms with Crippen molar-refractivity contribution < 1.29 is 9.90 Å². The van der Waals surface area contributed by atoms with Crippen LogP contribution < -0.4 is 0 Å². The number of hydrogen-bond donors (Lipinski definition) is 1. The lowest BCUT2D eigenvalue weighted by Crippen LogP contribution is -2.45. The number of piperazine rings is 1. The molecular weight excluding hydrogens is 232 g/mol. The van der Waals surface area contributed by atoms with Crippen LogP contribution in [0.3, 0.4) is 0 Å². The summed E-state index contributed by atoms with van der Waals surface area (Å²) in [7, 11) is 1.80. The zero-order chi connectivity index (χ0) is 13.1. The topological polar surface area (TPSA) is 61.6 Å². The van der Waals surface area contributed by atoms with Gasteiger partial charge in [0.25, 0.3) is 0 Å². The fraction of sp³-hybridized carbons (Fsp3) is 0.667. The molecule has 0 amide bonds. The summed E-state index contributed by atoms with van der Waals surface area (Å²) >= 11 is 0. The Kier molecular flexibility index (Phi) is 3.98. The Bertz CT molecular complexity index is 422. The minimum Gasteiger partial charge on any atom is -0.478 e. The minimum absolute atomic E-state index is 0.315. The van der Waals surface area contributed by atoms with Gasteiger partial charge in [-0.15, -0.1) is 0 Å². The molecule has 2 rings (SSSR count). The number of aryl methyl sites for hydroxylation is 1. The summed E-state index contributed by atoms with van der Waals surface area (Å²) in [6.07, 6.45) is 1.43. The van der Waals surface area contributed by atoms with Gasteiger partial charge in [-0.2, -0.15) is 5.10 Å². The molecule has 1 aromatic heterocycles. The molecule has 0 aliphatic carbocycles. The third-order valence-corrected chi connectivity index (χ3v) is 3.58. The van der Waals surface area contributed by atoms with Crippen molar-refractivity contribution in [1.29, 1.82) is 0 Å². The van der Waals surface area contributed by atoms with E-state index in [1.54, 1.807) is 11.7 Å². The van der Waals surface area contributed by atoms with Gasteiger partial charge in [0.1, 0.15) is 5.56 Å². The number of nitrogens with zero attached hydrogens (tertiary/aromatic N) is 4. The van der Waals surface area contributed by atoms with Crippen molar-refractivity contribution in [3.63, 3.8) is 0 Å². The van der Waals surface area contributed by atoms with Crippen molar-refractivity contribution in [2.45, 2.75) is 13.5 Å². The molecule has 6 heteroatoms. The van der Waals surface area contributed by atoms with Crippen LogP contribution in [0.15, 0.2) is 6.20 Å². The number of aromatic nitrogens is 2. The van der Waals surface area contributed by atoms with Gasteiger partial charge >= 0.3 is 5.97 Å². The Morgan fingerprint density at radius 3 is 2.50 bits per heavy atom. The van der Waals surface area contributed by atoms with Crippen molar-refractivity contribution in [3.8, 4) is 0 Å². The summed E-state index contributed by atoms with van der Waals surface area (Å²) < 4.78 is 1.66. The second-order valence-corrected chi connectivity index (χ2v) is 4.64. The van der Waals surface area contributed by atoms with E-state index >= 15 is 0 Å². The van der Waals surface area contributed by atoms with Crippen LogP contribution in [0.4, 0.5) is 0 Å². The maximum absolute atomic E-state index is 11.1. The van der Waals surface area contributed by atoms with Crippen molar-refractivity contribution in [1.82, 2.24) is 19.6 Å². The first-order chi connectivity index (χ1) is 8.61. The summed E-state index contributed by atoms with van der Waals surface area (Å²) in [5, 5.41) is 13.1.